The second-order valence-electron chi connectivity index (χ2n) is 9.40. The third kappa shape index (κ3) is 4.24. The van der Waals surface area contributed by atoms with E-state index in [9.17, 15) is 10.1 Å². The fourth-order valence-electron chi connectivity index (χ4n) is 4.59. The number of carbonyl (C=O) groups excluding carboxylic acids is 1. The van der Waals surface area contributed by atoms with E-state index in [1.165, 1.54) is 21.6 Å². The molecule has 152 valence electrons. The monoisotopic (exact) mass is 407 g/mol. The molecule has 0 spiro atoms. The summed E-state index contributed by atoms with van der Waals surface area (Å²) in [6.07, 6.45) is 4.04. The van der Waals surface area contributed by atoms with Gasteiger partial charge in [-0.25, -0.2) is 0 Å². The van der Waals surface area contributed by atoms with Crippen molar-refractivity contribution < 1.29 is 4.79 Å². The van der Waals surface area contributed by atoms with Crippen LogP contribution in [0.1, 0.15) is 54.3 Å². The van der Waals surface area contributed by atoms with E-state index in [2.05, 4.69) is 61.3 Å². The lowest BCUT2D eigenvalue weighted by Gasteiger charge is -2.33. The summed E-state index contributed by atoms with van der Waals surface area (Å²) in [5, 5.41) is 13.5. The van der Waals surface area contributed by atoms with Crippen molar-refractivity contribution in [1.29, 1.82) is 5.26 Å². The van der Waals surface area contributed by atoms with E-state index >= 15 is 0 Å². The molecule has 0 unspecified atom stereocenters. The molecule has 0 radical (unpaired) electrons. The summed E-state index contributed by atoms with van der Waals surface area (Å²) in [6.45, 7) is 8.95. The highest BCUT2D eigenvalue weighted by molar-refractivity contribution is 7.16. The Bertz CT molecular complexity index is 963. The predicted octanol–water partition coefficient (Wildman–Crippen LogP) is 4.77. The average Bonchev–Trinajstić information content (AvgIpc) is 3.03. The molecule has 1 amide bonds. The number of hydrogen-bond donors (Lipinski definition) is 1. The number of nitriles is 1. The third-order valence-corrected chi connectivity index (χ3v) is 7.60. The zero-order valence-corrected chi connectivity index (χ0v) is 18.4. The minimum atomic E-state index is -0.0214. The molecule has 1 aromatic carbocycles. The van der Waals surface area contributed by atoms with Crippen molar-refractivity contribution in [3.05, 3.63) is 51.4 Å². The molecule has 4 nitrogen and oxygen atoms in total. The molecule has 2 aromatic rings. The Morgan fingerprint density at radius 1 is 1.28 bits per heavy atom. The van der Waals surface area contributed by atoms with Crippen LogP contribution >= 0.6 is 11.3 Å². The number of nitrogens with one attached hydrogen (secondary N) is 1. The van der Waals surface area contributed by atoms with Crippen molar-refractivity contribution in [1.82, 2.24) is 4.90 Å². The Labute approximate surface area is 177 Å². The molecule has 2 heterocycles. The first kappa shape index (κ1) is 20.1. The van der Waals surface area contributed by atoms with Gasteiger partial charge >= 0.3 is 0 Å². The van der Waals surface area contributed by atoms with Gasteiger partial charge in [0.1, 0.15) is 11.1 Å². The number of hydrogen-bond acceptors (Lipinski definition) is 4. The van der Waals surface area contributed by atoms with Gasteiger partial charge in [-0.15, -0.1) is 11.3 Å². The van der Waals surface area contributed by atoms with E-state index in [-0.39, 0.29) is 11.3 Å². The van der Waals surface area contributed by atoms with Crippen LogP contribution in [0.25, 0.3) is 0 Å². The summed E-state index contributed by atoms with van der Waals surface area (Å²) in [7, 11) is 0. The molecule has 0 bridgehead atoms. The maximum absolute atomic E-state index is 12.7. The molecule has 1 aliphatic heterocycles. The molecule has 5 heteroatoms. The average molecular weight is 408 g/mol. The van der Waals surface area contributed by atoms with E-state index in [4.69, 9.17) is 0 Å². The lowest BCUT2D eigenvalue weighted by molar-refractivity contribution is -0.117. The smallest absolute Gasteiger partial charge is 0.239 e. The lowest BCUT2D eigenvalue weighted by Crippen LogP contribution is -2.37. The number of rotatable bonds is 3. The Morgan fingerprint density at radius 3 is 2.76 bits per heavy atom. The quantitative estimate of drug-likeness (QED) is 0.797. The van der Waals surface area contributed by atoms with Crippen LogP contribution in [0, 0.1) is 22.7 Å². The van der Waals surface area contributed by atoms with E-state index in [0.717, 1.165) is 43.8 Å². The van der Waals surface area contributed by atoms with Crippen LogP contribution in [0.3, 0.4) is 0 Å². The molecule has 1 aromatic heterocycles. The fraction of sp³-hybridized carbons (Fsp3) is 0.500. The van der Waals surface area contributed by atoms with Crippen molar-refractivity contribution >= 4 is 22.2 Å². The molecule has 29 heavy (non-hydrogen) atoms. The summed E-state index contributed by atoms with van der Waals surface area (Å²) in [4.78, 5) is 16.2. The van der Waals surface area contributed by atoms with Crippen LogP contribution in [0.2, 0.25) is 0 Å². The lowest BCUT2D eigenvalue weighted by atomic mass is 9.72. The highest BCUT2D eigenvalue weighted by atomic mass is 32.1. The Morgan fingerprint density at radius 2 is 2.03 bits per heavy atom. The largest absolute Gasteiger partial charge is 0.315 e. The van der Waals surface area contributed by atoms with Gasteiger partial charge in [0, 0.05) is 18.0 Å². The molecule has 4 rings (SSSR count). The molecule has 1 aliphatic carbocycles. The van der Waals surface area contributed by atoms with E-state index < -0.39 is 0 Å². The fourth-order valence-corrected chi connectivity index (χ4v) is 5.88. The van der Waals surface area contributed by atoms with Crippen LogP contribution < -0.4 is 5.32 Å². The molecular weight excluding hydrogens is 378 g/mol. The zero-order chi connectivity index (χ0) is 20.6. The van der Waals surface area contributed by atoms with Crippen molar-refractivity contribution in [2.45, 2.75) is 53.0 Å². The van der Waals surface area contributed by atoms with Crippen molar-refractivity contribution in [2.75, 3.05) is 18.4 Å². The Hall–Kier alpha value is -2.16. The summed E-state index contributed by atoms with van der Waals surface area (Å²) in [5.74, 6) is 0.601. The normalized spacial score (nSPS) is 19.2. The van der Waals surface area contributed by atoms with Gasteiger partial charge < -0.3 is 5.32 Å². The van der Waals surface area contributed by atoms with Crippen LogP contribution in [0.5, 0.6) is 0 Å². The number of amides is 1. The third-order valence-electron chi connectivity index (χ3n) is 6.43. The second kappa shape index (κ2) is 7.93. The maximum Gasteiger partial charge on any atom is 0.239 e. The van der Waals surface area contributed by atoms with Gasteiger partial charge in [-0.2, -0.15) is 5.26 Å². The van der Waals surface area contributed by atoms with E-state index in [1.807, 2.05) is 0 Å². The standard InChI is InChI=1S/C24H29N3OS/c1-24(2,3)18-8-9-19-20(13-25)23(29-21(19)12-18)26-22(28)15-27-11-10-16-6-4-5-7-17(16)14-27/h4-7,18H,8-12,14-15H2,1-3H3,(H,26,28)/t18-/m1/s1. The molecule has 0 fully saturated rings. The number of nitrogens with zero attached hydrogens (tertiary/aromatic N) is 2. The van der Waals surface area contributed by atoms with Crippen LogP contribution in [-0.2, 0) is 30.6 Å². The Balaban J connectivity index is 1.44. The minimum absolute atomic E-state index is 0.0214. The molecule has 1 N–H and O–H groups in total. The van der Waals surface area contributed by atoms with E-state index in [1.54, 1.807) is 11.3 Å². The summed E-state index contributed by atoms with van der Waals surface area (Å²) in [6, 6.07) is 10.8. The van der Waals surface area contributed by atoms with Crippen LogP contribution in [0.15, 0.2) is 24.3 Å². The first-order valence-electron chi connectivity index (χ1n) is 10.5. The van der Waals surface area contributed by atoms with Gasteiger partial charge in [0.15, 0.2) is 0 Å². The van der Waals surface area contributed by atoms with E-state index in [0.29, 0.717) is 18.0 Å². The van der Waals surface area contributed by atoms with Crippen molar-refractivity contribution in [3.63, 3.8) is 0 Å². The number of fused-ring (bicyclic) bond motifs is 2. The van der Waals surface area contributed by atoms with Gasteiger partial charge in [0.05, 0.1) is 12.1 Å². The maximum atomic E-state index is 12.7. The van der Waals surface area contributed by atoms with Gasteiger partial charge in [-0.05, 0) is 53.7 Å². The molecule has 0 saturated heterocycles. The molecule has 0 saturated carbocycles. The van der Waals surface area contributed by atoms with Crippen LogP contribution in [0.4, 0.5) is 5.00 Å². The van der Waals surface area contributed by atoms with Gasteiger partial charge in [-0.3, -0.25) is 9.69 Å². The number of thiophene rings is 1. The highest BCUT2D eigenvalue weighted by Crippen LogP contribution is 2.44. The first-order chi connectivity index (χ1) is 13.8. The number of anilines is 1. The summed E-state index contributed by atoms with van der Waals surface area (Å²) in [5.41, 5.74) is 4.82. The zero-order valence-electron chi connectivity index (χ0n) is 17.5. The molecule has 1 atom stereocenters. The highest BCUT2D eigenvalue weighted by Gasteiger charge is 2.32. The second-order valence-corrected chi connectivity index (χ2v) is 10.5. The van der Waals surface area contributed by atoms with Gasteiger partial charge in [-0.1, -0.05) is 45.0 Å². The van der Waals surface area contributed by atoms with Crippen molar-refractivity contribution in [2.24, 2.45) is 11.3 Å². The SMILES string of the molecule is CC(C)(C)[C@@H]1CCc2c(sc(NC(=O)CN3CCc4ccccc4C3)c2C#N)C1. The number of carbonyl (C=O) groups is 1. The summed E-state index contributed by atoms with van der Waals surface area (Å²) >= 11 is 1.61. The molecule has 2 aliphatic rings. The topological polar surface area (TPSA) is 56.1 Å². The number of benzene rings is 1. The first-order valence-corrected chi connectivity index (χ1v) is 11.3. The Kier molecular flexibility index (Phi) is 5.50. The predicted molar refractivity (Wildman–Crippen MR) is 118 cm³/mol. The molecular formula is C24H29N3OS. The van der Waals surface area contributed by atoms with Crippen LogP contribution in [-0.4, -0.2) is 23.9 Å². The van der Waals surface area contributed by atoms with Crippen molar-refractivity contribution in [3.8, 4) is 6.07 Å². The minimum Gasteiger partial charge on any atom is -0.315 e. The van der Waals surface area contributed by atoms with Gasteiger partial charge in [0.25, 0.3) is 0 Å². The summed E-state index contributed by atoms with van der Waals surface area (Å²) < 4.78 is 0. The van der Waals surface area contributed by atoms with Gasteiger partial charge in [0.2, 0.25) is 5.91 Å².